The molecule has 0 bridgehead atoms. The fourth-order valence-electron chi connectivity index (χ4n) is 1.61. The Bertz CT molecular complexity index is 730. The van der Waals surface area contributed by atoms with Crippen molar-refractivity contribution < 1.29 is 0 Å². The number of hydrogen-bond acceptors (Lipinski definition) is 3. The summed E-state index contributed by atoms with van der Waals surface area (Å²) in [6.45, 7) is 0. The molecule has 3 aromatic rings. The smallest absolute Gasteiger partial charge is 0.259 e. The highest BCUT2D eigenvalue weighted by molar-refractivity contribution is 7.15. The molecule has 3 nitrogen and oxygen atoms in total. The fourth-order valence-corrected chi connectivity index (χ4v) is 2.46. The zero-order chi connectivity index (χ0) is 11.8. The first kappa shape index (κ1) is 10.5. The van der Waals surface area contributed by atoms with Crippen LogP contribution in [0, 0.1) is 0 Å². The van der Waals surface area contributed by atoms with Crippen molar-refractivity contribution in [1.29, 1.82) is 0 Å². The second kappa shape index (κ2) is 3.98. The standard InChI is InChI=1S/C12H7ClN2OS/c13-9-3-1-8(2-4-9)10-7-11(16)15-5-6-17-12(15)14-10/h1-7H. The summed E-state index contributed by atoms with van der Waals surface area (Å²) in [5.41, 5.74) is 1.50. The molecule has 0 aliphatic heterocycles. The second-order valence-corrected chi connectivity index (χ2v) is 4.85. The molecule has 0 saturated carbocycles. The molecule has 2 heterocycles. The van der Waals surface area contributed by atoms with Gasteiger partial charge >= 0.3 is 0 Å². The van der Waals surface area contributed by atoms with E-state index in [1.165, 1.54) is 21.8 Å². The Kier molecular flexibility index (Phi) is 2.46. The van der Waals surface area contributed by atoms with Crippen molar-refractivity contribution >= 4 is 27.9 Å². The van der Waals surface area contributed by atoms with Gasteiger partial charge < -0.3 is 0 Å². The van der Waals surface area contributed by atoms with Gasteiger partial charge in [-0.1, -0.05) is 23.7 Å². The summed E-state index contributed by atoms with van der Waals surface area (Å²) in [5.74, 6) is 0. The lowest BCUT2D eigenvalue weighted by molar-refractivity contribution is 1.08. The van der Waals surface area contributed by atoms with Gasteiger partial charge in [0.25, 0.3) is 5.56 Å². The van der Waals surface area contributed by atoms with E-state index in [9.17, 15) is 4.79 Å². The fraction of sp³-hybridized carbons (Fsp3) is 0. The molecule has 0 unspecified atom stereocenters. The molecule has 3 rings (SSSR count). The summed E-state index contributed by atoms with van der Waals surface area (Å²) < 4.78 is 1.53. The van der Waals surface area contributed by atoms with E-state index in [1.807, 2.05) is 17.5 Å². The highest BCUT2D eigenvalue weighted by atomic mass is 35.5. The second-order valence-electron chi connectivity index (χ2n) is 3.54. The Hall–Kier alpha value is -1.65. The van der Waals surface area contributed by atoms with Crippen LogP contribution in [0.25, 0.3) is 16.2 Å². The maximum Gasteiger partial charge on any atom is 0.259 e. The zero-order valence-electron chi connectivity index (χ0n) is 8.63. The van der Waals surface area contributed by atoms with Crippen molar-refractivity contribution in [3.63, 3.8) is 0 Å². The molecule has 0 atom stereocenters. The lowest BCUT2D eigenvalue weighted by Gasteiger charge is -2.00. The largest absolute Gasteiger partial charge is 0.269 e. The van der Waals surface area contributed by atoms with E-state index < -0.39 is 0 Å². The van der Waals surface area contributed by atoms with Crippen molar-refractivity contribution in [3.05, 3.63) is 57.3 Å². The van der Waals surface area contributed by atoms with E-state index in [-0.39, 0.29) is 5.56 Å². The Labute approximate surface area is 106 Å². The van der Waals surface area contributed by atoms with Gasteiger partial charge in [-0.05, 0) is 12.1 Å². The zero-order valence-corrected chi connectivity index (χ0v) is 10.2. The number of hydrogen-bond donors (Lipinski definition) is 0. The Balaban J connectivity index is 2.23. The molecule has 0 radical (unpaired) electrons. The van der Waals surface area contributed by atoms with Crippen molar-refractivity contribution in [2.24, 2.45) is 0 Å². The number of aromatic nitrogens is 2. The molecule has 0 spiro atoms. The highest BCUT2D eigenvalue weighted by Crippen LogP contribution is 2.19. The molecule has 1 aromatic carbocycles. The van der Waals surface area contributed by atoms with Crippen LogP contribution in [-0.4, -0.2) is 9.38 Å². The van der Waals surface area contributed by atoms with Gasteiger partial charge in [0, 0.05) is 28.2 Å². The first-order chi connectivity index (χ1) is 8.24. The van der Waals surface area contributed by atoms with E-state index in [4.69, 9.17) is 11.6 Å². The third-order valence-corrected chi connectivity index (χ3v) is 3.45. The number of benzene rings is 1. The minimum atomic E-state index is -0.0683. The highest BCUT2D eigenvalue weighted by Gasteiger charge is 2.05. The molecule has 0 N–H and O–H groups in total. The summed E-state index contributed by atoms with van der Waals surface area (Å²) >= 11 is 7.26. The Morgan fingerprint density at radius 1 is 1.24 bits per heavy atom. The summed E-state index contributed by atoms with van der Waals surface area (Å²) in [4.78, 5) is 16.9. The maximum absolute atomic E-state index is 11.8. The normalized spacial score (nSPS) is 10.9. The minimum absolute atomic E-state index is 0.0683. The van der Waals surface area contributed by atoms with Crippen LogP contribution in [0.1, 0.15) is 0 Å². The van der Waals surface area contributed by atoms with Gasteiger partial charge in [-0.3, -0.25) is 9.20 Å². The molecule has 5 heteroatoms. The molecule has 17 heavy (non-hydrogen) atoms. The maximum atomic E-state index is 11.8. The molecule has 0 fully saturated rings. The van der Waals surface area contributed by atoms with Gasteiger partial charge in [0.15, 0.2) is 4.96 Å². The molecule has 0 amide bonds. The lowest BCUT2D eigenvalue weighted by Crippen LogP contribution is -2.11. The van der Waals surface area contributed by atoms with Crippen LogP contribution in [0.15, 0.2) is 46.7 Å². The van der Waals surface area contributed by atoms with Gasteiger partial charge in [-0.25, -0.2) is 4.98 Å². The molecule has 2 aromatic heterocycles. The van der Waals surface area contributed by atoms with Crippen LogP contribution >= 0.6 is 22.9 Å². The molecule has 0 saturated heterocycles. The first-order valence-corrected chi connectivity index (χ1v) is 6.23. The topological polar surface area (TPSA) is 34.4 Å². The van der Waals surface area contributed by atoms with Crippen LogP contribution < -0.4 is 5.56 Å². The summed E-state index contributed by atoms with van der Waals surface area (Å²) in [5, 5.41) is 2.51. The van der Waals surface area contributed by atoms with Crippen LogP contribution in [0.3, 0.4) is 0 Å². The van der Waals surface area contributed by atoms with Gasteiger partial charge in [0.2, 0.25) is 0 Å². The average molecular weight is 263 g/mol. The van der Waals surface area contributed by atoms with Crippen LogP contribution in [0.2, 0.25) is 5.02 Å². The first-order valence-electron chi connectivity index (χ1n) is 4.97. The SMILES string of the molecule is O=c1cc(-c2ccc(Cl)cc2)nc2sccn12. The van der Waals surface area contributed by atoms with E-state index in [2.05, 4.69) is 4.98 Å². The number of rotatable bonds is 1. The third-order valence-electron chi connectivity index (χ3n) is 2.44. The van der Waals surface area contributed by atoms with Gasteiger partial charge in [-0.15, -0.1) is 11.3 Å². The predicted molar refractivity (Wildman–Crippen MR) is 69.8 cm³/mol. The summed E-state index contributed by atoms with van der Waals surface area (Å²) in [6.07, 6.45) is 1.72. The van der Waals surface area contributed by atoms with Crippen LogP contribution in [-0.2, 0) is 0 Å². The van der Waals surface area contributed by atoms with Gasteiger partial charge in [0.1, 0.15) is 0 Å². The summed E-state index contributed by atoms with van der Waals surface area (Å²) in [7, 11) is 0. The van der Waals surface area contributed by atoms with E-state index in [0.29, 0.717) is 15.7 Å². The Morgan fingerprint density at radius 2 is 2.00 bits per heavy atom. The molecular formula is C12H7ClN2OS. The molecule has 0 aliphatic rings. The number of halogens is 1. The van der Waals surface area contributed by atoms with Gasteiger partial charge in [0.05, 0.1) is 5.69 Å². The van der Waals surface area contributed by atoms with E-state index in [1.54, 1.807) is 18.3 Å². The van der Waals surface area contributed by atoms with Crippen molar-refractivity contribution in [1.82, 2.24) is 9.38 Å². The minimum Gasteiger partial charge on any atom is -0.269 e. The van der Waals surface area contributed by atoms with Crippen LogP contribution in [0.5, 0.6) is 0 Å². The van der Waals surface area contributed by atoms with E-state index >= 15 is 0 Å². The average Bonchev–Trinajstić information content (AvgIpc) is 2.78. The number of thiazole rings is 1. The van der Waals surface area contributed by atoms with E-state index in [0.717, 1.165) is 5.56 Å². The molecular weight excluding hydrogens is 256 g/mol. The Morgan fingerprint density at radius 3 is 2.76 bits per heavy atom. The molecule has 0 aliphatic carbocycles. The quantitative estimate of drug-likeness (QED) is 0.675. The number of fused-ring (bicyclic) bond motifs is 1. The third kappa shape index (κ3) is 1.85. The van der Waals surface area contributed by atoms with Gasteiger partial charge in [-0.2, -0.15) is 0 Å². The van der Waals surface area contributed by atoms with Crippen molar-refractivity contribution in [2.75, 3.05) is 0 Å². The summed E-state index contributed by atoms with van der Waals surface area (Å²) in [6, 6.07) is 8.81. The predicted octanol–water partition coefficient (Wildman–Crippen LogP) is 3.08. The van der Waals surface area contributed by atoms with Crippen LogP contribution in [0.4, 0.5) is 0 Å². The monoisotopic (exact) mass is 262 g/mol. The molecule has 84 valence electrons. The number of nitrogens with zero attached hydrogens (tertiary/aromatic N) is 2. The van der Waals surface area contributed by atoms with Crippen molar-refractivity contribution in [3.8, 4) is 11.3 Å². The lowest BCUT2D eigenvalue weighted by atomic mass is 10.1. The van der Waals surface area contributed by atoms with Crippen molar-refractivity contribution in [2.45, 2.75) is 0 Å².